The monoisotopic (exact) mass is 602 g/mol. The van der Waals surface area contributed by atoms with Gasteiger partial charge in [-0.05, 0) is 61.1 Å². The van der Waals surface area contributed by atoms with Crippen molar-refractivity contribution < 1.29 is 36.2 Å². The van der Waals surface area contributed by atoms with Crippen LogP contribution >= 0.6 is 0 Å². The number of esters is 1. The zero-order valence-electron chi connectivity index (χ0n) is 23.3. The number of cyclic esters (lactones) is 1. The van der Waals surface area contributed by atoms with E-state index in [0.29, 0.717) is 43.5 Å². The van der Waals surface area contributed by atoms with Gasteiger partial charge in [0.05, 0.1) is 11.1 Å². The highest BCUT2D eigenvalue weighted by atomic mass is 32.2. The lowest BCUT2D eigenvalue weighted by Crippen LogP contribution is -2.41. The van der Waals surface area contributed by atoms with Crippen molar-refractivity contribution in [1.29, 1.82) is 0 Å². The lowest BCUT2D eigenvalue weighted by molar-refractivity contribution is -0.161. The van der Waals surface area contributed by atoms with Crippen LogP contribution < -0.4 is 4.72 Å². The third-order valence-electron chi connectivity index (χ3n) is 7.38. The maximum atomic E-state index is 13.4. The van der Waals surface area contributed by atoms with Gasteiger partial charge in [-0.15, -0.1) is 0 Å². The number of rotatable bonds is 11. The number of aliphatic hydroxyl groups is 1. The average molecular weight is 603 g/mol. The van der Waals surface area contributed by atoms with Crippen molar-refractivity contribution >= 4 is 21.7 Å². The van der Waals surface area contributed by atoms with Gasteiger partial charge >= 0.3 is 12.1 Å². The molecule has 0 amide bonds. The minimum atomic E-state index is -4.65. The van der Waals surface area contributed by atoms with Crippen LogP contribution in [0.2, 0.25) is 0 Å². The molecule has 0 saturated carbocycles. The number of aliphatic hydroxyl groups excluding tert-OH is 1. The van der Waals surface area contributed by atoms with Gasteiger partial charge in [0, 0.05) is 24.2 Å². The van der Waals surface area contributed by atoms with E-state index in [1.165, 1.54) is 12.1 Å². The van der Waals surface area contributed by atoms with E-state index >= 15 is 0 Å². The van der Waals surface area contributed by atoms with Gasteiger partial charge in [-0.3, -0.25) is 4.72 Å². The van der Waals surface area contributed by atoms with Gasteiger partial charge in [0.2, 0.25) is 0 Å². The zero-order chi connectivity index (χ0) is 30.5. The Kier molecular flexibility index (Phi) is 9.30. The molecule has 1 unspecified atom stereocenters. The number of carbonyl (C=O) groups excluding carboxylic acids is 1. The van der Waals surface area contributed by atoms with Crippen LogP contribution in [0, 0.1) is 0 Å². The Morgan fingerprint density at radius 1 is 1.05 bits per heavy atom. The lowest BCUT2D eigenvalue weighted by atomic mass is 9.80. The highest BCUT2D eigenvalue weighted by Gasteiger charge is 2.43. The molecule has 2 heterocycles. The van der Waals surface area contributed by atoms with E-state index in [1.807, 2.05) is 44.2 Å². The second-order valence-electron chi connectivity index (χ2n) is 10.4. The predicted molar refractivity (Wildman–Crippen MR) is 152 cm³/mol. The summed E-state index contributed by atoms with van der Waals surface area (Å²) in [6.07, 6.45) is -1.00. The molecule has 224 valence electrons. The summed E-state index contributed by atoms with van der Waals surface area (Å²) < 4.78 is 72.6. The normalized spacial score (nSPS) is 18.5. The summed E-state index contributed by atoms with van der Waals surface area (Å²) >= 11 is 0. The number of halogens is 3. The first-order valence-corrected chi connectivity index (χ1v) is 15.2. The number of anilines is 1. The molecule has 0 aliphatic carbocycles. The van der Waals surface area contributed by atoms with Crippen LogP contribution in [-0.4, -0.2) is 30.1 Å². The molecule has 42 heavy (non-hydrogen) atoms. The van der Waals surface area contributed by atoms with Gasteiger partial charge in [-0.25, -0.2) is 9.78 Å². The number of carbonyl (C=O) groups is 1. The smallest absolute Gasteiger partial charge is 0.417 e. The predicted octanol–water partition coefficient (Wildman–Crippen LogP) is 7.33. The van der Waals surface area contributed by atoms with Crippen LogP contribution in [0.25, 0.3) is 0 Å². The molecular formula is C31H33F3N2O5S. The number of nitrogens with zero attached hydrogens (tertiary/aromatic N) is 1. The number of benzene rings is 2. The van der Waals surface area contributed by atoms with E-state index in [2.05, 4.69) is 9.71 Å². The first-order chi connectivity index (χ1) is 19.9. The summed E-state index contributed by atoms with van der Waals surface area (Å²) in [5.41, 5.74) is 0.0252. The summed E-state index contributed by atoms with van der Waals surface area (Å²) in [6, 6.07) is 17.6. The van der Waals surface area contributed by atoms with Crippen LogP contribution in [0.15, 0.2) is 89.3 Å². The van der Waals surface area contributed by atoms with Crippen molar-refractivity contribution in [1.82, 2.24) is 4.98 Å². The molecule has 1 aliphatic rings. The summed E-state index contributed by atoms with van der Waals surface area (Å²) in [5.74, 6) is -1.23. The molecule has 2 atom stereocenters. The SMILES string of the molecule is CCCC1(CCc2ccccc2)CC(O)=C([C@H](CC)c2cccc(NS(=O)(=O)c3ccc(C(F)(F)F)cn3)c2)C(=O)O1. The highest BCUT2D eigenvalue weighted by molar-refractivity contribution is 7.92. The minimum Gasteiger partial charge on any atom is -0.512 e. The Morgan fingerprint density at radius 2 is 1.79 bits per heavy atom. The van der Waals surface area contributed by atoms with Crippen molar-refractivity contribution in [2.24, 2.45) is 0 Å². The molecule has 11 heteroatoms. The number of aromatic nitrogens is 1. The number of aryl methyl sites for hydroxylation is 1. The van der Waals surface area contributed by atoms with Gasteiger partial charge < -0.3 is 9.84 Å². The van der Waals surface area contributed by atoms with E-state index in [9.17, 15) is 31.5 Å². The molecule has 1 aromatic heterocycles. The second-order valence-corrected chi connectivity index (χ2v) is 12.0. The molecule has 0 bridgehead atoms. The van der Waals surface area contributed by atoms with Crippen LogP contribution in [0.1, 0.15) is 68.6 Å². The largest absolute Gasteiger partial charge is 0.512 e. The van der Waals surface area contributed by atoms with Crippen molar-refractivity contribution in [3.63, 3.8) is 0 Å². The van der Waals surface area contributed by atoms with Gasteiger partial charge in [-0.2, -0.15) is 21.6 Å². The summed E-state index contributed by atoms with van der Waals surface area (Å²) in [5, 5.41) is 10.6. The fourth-order valence-electron chi connectivity index (χ4n) is 5.37. The van der Waals surface area contributed by atoms with Gasteiger partial charge in [-0.1, -0.05) is 62.7 Å². The number of sulfonamides is 1. The van der Waals surface area contributed by atoms with E-state index in [1.54, 1.807) is 12.1 Å². The van der Waals surface area contributed by atoms with Crippen LogP contribution in [0.3, 0.4) is 0 Å². The Balaban J connectivity index is 1.57. The standard InChI is InChI=1S/C31H33F3N2O5S/c1-3-16-30(17-15-21-9-6-5-7-10-21)19-26(37)28(29(38)41-30)25(4-2)22-11-8-12-24(18-22)36-42(39,40)27-14-13-23(20-35-27)31(32,33)34/h5-14,18,20,25,36-37H,3-4,15-17,19H2,1-2H3/t25-,30?/m1/s1. The lowest BCUT2D eigenvalue weighted by Gasteiger charge is -2.38. The van der Waals surface area contributed by atoms with Crippen molar-refractivity contribution in [2.45, 2.75) is 75.1 Å². The third kappa shape index (κ3) is 7.13. The van der Waals surface area contributed by atoms with Crippen molar-refractivity contribution in [3.05, 3.63) is 101 Å². The van der Waals surface area contributed by atoms with E-state index in [0.717, 1.165) is 18.1 Å². The minimum absolute atomic E-state index is 0.0421. The Hall–Kier alpha value is -3.86. The molecule has 7 nitrogen and oxygen atoms in total. The number of nitrogens with one attached hydrogen (secondary N) is 1. The fraction of sp³-hybridized carbons (Fsp3) is 0.355. The molecular weight excluding hydrogens is 569 g/mol. The molecule has 1 aliphatic heterocycles. The Labute approximate surface area is 243 Å². The second kappa shape index (κ2) is 12.6. The molecule has 4 rings (SSSR count). The first-order valence-electron chi connectivity index (χ1n) is 13.7. The van der Waals surface area contributed by atoms with Gasteiger partial charge in [0.1, 0.15) is 11.4 Å². The highest BCUT2D eigenvalue weighted by Crippen LogP contribution is 2.42. The molecule has 0 radical (unpaired) electrons. The van der Waals surface area contributed by atoms with Crippen molar-refractivity contribution in [3.8, 4) is 0 Å². The van der Waals surface area contributed by atoms with Crippen LogP contribution in [0.5, 0.6) is 0 Å². The maximum Gasteiger partial charge on any atom is 0.417 e. The molecule has 0 fully saturated rings. The number of ether oxygens (including phenoxy) is 1. The molecule has 0 spiro atoms. The van der Waals surface area contributed by atoms with Crippen molar-refractivity contribution in [2.75, 3.05) is 4.72 Å². The van der Waals surface area contributed by atoms with E-state index in [-0.39, 0.29) is 23.4 Å². The molecule has 2 aromatic carbocycles. The third-order valence-corrected chi connectivity index (χ3v) is 8.68. The zero-order valence-corrected chi connectivity index (χ0v) is 24.1. The summed E-state index contributed by atoms with van der Waals surface area (Å²) in [6.45, 7) is 3.83. The topological polar surface area (TPSA) is 106 Å². The number of pyridine rings is 1. The van der Waals surface area contributed by atoms with E-state index in [4.69, 9.17) is 4.74 Å². The first kappa shape index (κ1) is 31.1. The number of alkyl halides is 3. The summed E-state index contributed by atoms with van der Waals surface area (Å²) in [7, 11) is -4.30. The Morgan fingerprint density at radius 3 is 2.38 bits per heavy atom. The van der Waals surface area contributed by atoms with Crippen LogP contribution in [0.4, 0.5) is 18.9 Å². The van der Waals surface area contributed by atoms with Gasteiger partial charge in [0.25, 0.3) is 10.0 Å². The molecule has 0 saturated heterocycles. The van der Waals surface area contributed by atoms with Gasteiger partial charge in [0.15, 0.2) is 5.03 Å². The van der Waals surface area contributed by atoms with E-state index < -0.39 is 44.3 Å². The molecule has 2 N–H and O–H groups in total. The van der Waals surface area contributed by atoms with Crippen LogP contribution in [-0.2, 0) is 32.2 Å². The quantitative estimate of drug-likeness (QED) is 0.223. The average Bonchev–Trinajstić information content (AvgIpc) is 2.94. The number of hydrogen-bond acceptors (Lipinski definition) is 6. The fourth-order valence-corrected chi connectivity index (χ4v) is 6.35. The Bertz CT molecular complexity index is 1540. The summed E-state index contributed by atoms with van der Waals surface area (Å²) in [4.78, 5) is 16.9. The maximum absolute atomic E-state index is 13.4. The number of hydrogen-bond donors (Lipinski definition) is 2. The molecule has 3 aromatic rings.